The van der Waals surface area contributed by atoms with E-state index >= 15 is 0 Å². The molecule has 1 heterocycles. The second-order valence-corrected chi connectivity index (χ2v) is 9.56. The van der Waals surface area contributed by atoms with Crippen LogP contribution < -0.4 is 12.4 Å². The maximum atomic E-state index is 11.7. The molecule has 1 atom stereocenters. The van der Waals surface area contributed by atoms with Crippen LogP contribution in [0.15, 0.2) is 71.3 Å². The Morgan fingerprint density at radius 3 is 2.33 bits per heavy atom. The molecule has 1 aliphatic carbocycles. The van der Waals surface area contributed by atoms with E-state index in [0.29, 0.717) is 19.0 Å². The zero-order chi connectivity index (χ0) is 22.4. The molecule has 6 heteroatoms. The molecule has 178 valence electrons. The summed E-state index contributed by atoms with van der Waals surface area (Å²) in [7, 11) is 4.33. The number of hydrogen-bond donors (Lipinski definition) is 1. The Hall–Kier alpha value is -2.18. The van der Waals surface area contributed by atoms with E-state index in [1.165, 1.54) is 5.56 Å². The van der Waals surface area contributed by atoms with E-state index in [9.17, 15) is 5.11 Å². The molecule has 1 aliphatic rings. The van der Waals surface area contributed by atoms with Crippen LogP contribution in [0.5, 0.6) is 0 Å². The molecule has 2 aromatic carbocycles. The van der Waals surface area contributed by atoms with Crippen LogP contribution in [-0.4, -0.2) is 48.4 Å². The summed E-state index contributed by atoms with van der Waals surface area (Å²) in [5.74, 6) is 1.36. The zero-order valence-electron chi connectivity index (χ0n) is 19.6. The van der Waals surface area contributed by atoms with Crippen molar-refractivity contribution in [2.24, 2.45) is 5.92 Å². The summed E-state index contributed by atoms with van der Waals surface area (Å²) in [5, 5.41) is 11.7. The fourth-order valence-electron chi connectivity index (χ4n) is 4.36. The van der Waals surface area contributed by atoms with E-state index in [2.05, 4.69) is 43.3 Å². The summed E-state index contributed by atoms with van der Waals surface area (Å²) in [4.78, 5) is 4.54. The second kappa shape index (κ2) is 11.3. The number of aliphatic hydroxyl groups is 1. The van der Waals surface area contributed by atoms with E-state index in [1.807, 2.05) is 36.4 Å². The van der Waals surface area contributed by atoms with Crippen LogP contribution in [0, 0.1) is 5.92 Å². The predicted octanol–water partition coefficient (Wildman–Crippen LogP) is 1.55. The van der Waals surface area contributed by atoms with Crippen molar-refractivity contribution in [1.82, 2.24) is 4.98 Å². The molecule has 1 saturated carbocycles. The van der Waals surface area contributed by atoms with E-state index < -0.39 is 5.60 Å². The van der Waals surface area contributed by atoms with Crippen LogP contribution in [0.3, 0.4) is 0 Å². The molecule has 3 aromatic rings. The highest BCUT2D eigenvalue weighted by molar-refractivity contribution is 5.30. The standard InChI is InChI=1S/C27H35N2O3.ClH/c1-29(2,17-19-31-18-16-22-10-5-3-6-11-22)21-25-20-28-26(32-25)27(30,24-14-9-15-24)23-12-7-4-8-13-23;/h3-8,10-13,20,24,30H,9,14-19,21H2,1-2H3;1H/q+1;/p-1. The predicted molar refractivity (Wildman–Crippen MR) is 125 cm³/mol. The summed E-state index contributed by atoms with van der Waals surface area (Å²) < 4.78 is 12.8. The highest BCUT2D eigenvalue weighted by atomic mass is 35.5. The largest absolute Gasteiger partial charge is 1.00 e. The molecule has 1 fully saturated rings. The van der Waals surface area contributed by atoms with Gasteiger partial charge in [-0.3, -0.25) is 0 Å². The summed E-state index contributed by atoms with van der Waals surface area (Å²) in [5.41, 5.74) is 1.00. The minimum atomic E-state index is -1.16. The fraction of sp³-hybridized carbons (Fsp3) is 0.444. The Bertz CT molecular complexity index is 973. The molecule has 0 spiro atoms. The van der Waals surface area contributed by atoms with E-state index in [0.717, 1.165) is 54.6 Å². The molecule has 0 radical (unpaired) electrons. The normalized spacial score (nSPS) is 16.0. The van der Waals surface area contributed by atoms with E-state index in [4.69, 9.17) is 9.15 Å². The van der Waals surface area contributed by atoms with Crippen molar-refractivity contribution in [3.8, 4) is 0 Å². The van der Waals surface area contributed by atoms with Crippen molar-refractivity contribution in [3.05, 3.63) is 89.6 Å². The van der Waals surface area contributed by atoms with Gasteiger partial charge in [-0.25, -0.2) is 4.98 Å². The first kappa shape index (κ1) is 25.4. The highest BCUT2D eigenvalue weighted by Gasteiger charge is 2.47. The molecule has 33 heavy (non-hydrogen) atoms. The van der Waals surface area contributed by atoms with Gasteiger partial charge >= 0.3 is 0 Å². The van der Waals surface area contributed by atoms with Crippen LogP contribution in [-0.2, 0) is 23.3 Å². The average Bonchev–Trinajstić information content (AvgIpc) is 3.22. The third-order valence-corrected chi connectivity index (χ3v) is 6.59. The molecule has 1 unspecified atom stereocenters. The third-order valence-electron chi connectivity index (χ3n) is 6.59. The molecule has 0 saturated heterocycles. The van der Waals surface area contributed by atoms with Crippen molar-refractivity contribution < 1.29 is 31.2 Å². The number of oxazole rings is 1. The summed E-state index contributed by atoms with van der Waals surface area (Å²) >= 11 is 0. The van der Waals surface area contributed by atoms with Gasteiger partial charge in [-0.05, 0) is 30.4 Å². The second-order valence-electron chi connectivity index (χ2n) is 9.56. The van der Waals surface area contributed by atoms with Crippen molar-refractivity contribution in [2.75, 3.05) is 33.9 Å². The van der Waals surface area contributed by atoms with Crippen LogP contribution >= 0.6 is 0 Å². The zero-order valence-corrected chi connectivity index (χ0v) is 20.4. The Morgan fingerprint density at radius 2 is 1.70 bits per heavy atom. The topological polar surface area (TPSA) is 55.5 Å². The molecule has 5 nitrogen and oxygen atoms in total. The van der Waals surface area contributed by atoms with Gasteiger partial charge < -0.3 is 31.2 Å². The Morgan fingerprint density at radius 1 is 1.03 bits per heavy atom. The monoisotopic (exact) mass is 470 g/mol. The number of quaternary nitrogens is 1. The first-order valence-electron chi connectivity index (χ1n) is 11.6. The number of likely N-dealkylation sites (N-methyl/N-ethyl adjacent to an activating group) is 1. The Balaban J connectivity index is 0.00000306. The molecule has 0 aliphatic heterocycles. The van der Waals surface area contributed by atoms with E-state index in [1.54, 1.807) is 6.20 Å². The molecule has 0 amide bonds. The number of ether oxygens (including phenoxy) is 1. The van der Waals surface area contributed by atoms with Gasteiger partial charge in [0, 0.05) is 5.92 Å². The third kappa shape index (κ3) is 6.24. The molecule has 1 aromatic heterocycles. The molecular weight excluding hydrogens is 436 g/mol. The lowest BCUT2D eigenvalue weighted by atomic mass is 9.69. The van der Waals surface area contributed by atoms with Gasteiger partial charge in [0.15, 0.2) is 11.4 Å². The highest BCUT2D eigenvalue weighted by Crippen LogP contribution is 2.46. The van der Waals surface area contributed by atoms with Crippen molar-refractivity contribution in [2.45, 2.75) is 37.8 Å². The molecule has 0 bridgehead atoms. The quantitative estimate of drug-likeness (QED) is 0.341. The lowest BCUT2D eigenvalue weighted by Crippen LogP contribution is -3.00. The maximum absolute atomic E-state index is 11.7. The lowest BCUT2D eigenvalue weighted by Gasteiger charge is -2.39. The van der Waals surface area contributed by atoms with Gasteiger partial charge in [0.25, 0.3) is 0 Å². The minimum absolute atomic E-state index is 0. The van der Waals surface area contributed by atoms with Gasteiger partial charge in [-0.2, -0.15) is 0 Å². The SMILES string of the molecule is C[N+](C)(CCOCCc1ccccc1)Cc1cnc(C(O)(c2ccccc2)C2CCC2)o1.[Cl-]. The lowest BCUT2D eigenvalue weighted by molar-refractivity contribution is -0.904. The van der Waals surface area contributed by atoms with Crippen molar-refractivity contribution >= 4 is 0 Å². The van der Waals surface area contributed by atoms with Gasteiger partial charge in [-0.15, -0.1) is 0 Å². The van der Waals surface area contributed by atoms with Crippen LogP contribution in [0.2, 0.25) is 0 Å². The minimum Gasteiger partial charge on any atom is -1.00 e. The van der Waals surface area contributed by atoms with Gasteiger partial charge in [0.05, 0.1) is 33.5 Å². The van der Waals surface area contributed by atoms with Crippen LogP contribution in [0.25, 0.3) is 0 Å². The first-order valence-corrected chi connectivity index (χ1v) is 11.6. The Kier molecular flexibility index (Phi) is 8.71. The molecule has 4 rings (SSSR count). The molecular formula is C27H35ClN2O3. The number of rotatable bonds is 11. The van der Waals surface area contributed by atoms with Gasteiger partial charge in [0.2, 0.25) is 5.89 Å². The van der Waals surface area contributed by atoms with Gasteiger partial charge in [0.1, 0.15) is 13.1 Å². The van der Waals surface area contributed by atoms with Crippen LogP contribution in [0.1, 0.15) is 42.0 Å². The number of halogens is 1. The summed E-state index contributed by atoms with van der Waals surface area (Å²) in [6.07, 6.45) is 5.83. The fourth-order valence-corrected chi connectivity index (χ4v) is 4.36. The van der Waals surface area contributed by atoms with Crippen LogP contribution in [0.4, 0.5) is 0 Å². The Labute approximate surface area is 203 Å². The summed E-state index contributed by atoms with van der Waals surface area (Å²) in [6.45, 7) is 2.99. The number of nitrogens with zero attached hydrogens (tertiary/aromatic N) is 2. The number of benzene rings is 2. The number of aromatic nitrogens is 1. The van der Waals surface area contributed by atoms with Crippen molar-refractivity contribution in [1.29, 1.82) is 0 Å². The average molecular weight is 471 g/mol. The number of hydrogen-bond acceptors (Lipinski definition) is 4. The van der Waals surface area contributed by atoms with Crippen molar-refractivity contribution in [3.63, 3.8) is 0 Å². The molecule has 1 N–H and O–H groups in total. The van der Waals surface area contributed by atoms with Gasteiger partial charge in [-0.1, -0.05) is 67.1 Å². The van der Waals surface area contributed by atoms with E-state index in [-0.39, 0.29) is 18.3 Å². The smallest absolute Gasteiger partial charge is 0.231 e. The first-order chi connectivity index (χ1) is 15.5. The maximum Gasteiger partial charge on any atom is 0.231 e. The summed E-state index contributed by atoms with van der Waals surface area (Å²) in [6, 6.07) is 20.2.